The molecule has 1 aliphatic rings. The summed E-state index contributed by atoms with van der Waals surface area (Å²) in [5, 5.41) is 6.37. The first-order chi connectivity index (χ1) is 14.7. The van der Waals surface area contributed by atoms with Crippen molar-refractivity contribution in [1.29, 1.82) is 0 Å². The minimum atomic E-state index is 0.0889. The van der Waals surface area contributed by atoms with E-state index in [9.17, 15) is 4.79 Å². The van der Waals surface area contributed by atoms with Crippen LogP contribution in [0.15, 0.2) is 67.3 Å². The molecule has 0 saturated heterocycles. The lowest BCUT2D eigenvalue weighted by Crippen LogP contribution is -2.13. The average molecular weight is 398 g/mol. The maximum absolute atomic E-state index is 12.0. The molecule has 4 aromatic rings. The molecule has 2 aromatic carbocycles. The van der Waals surface area contributed by atoms with Gasteiger partial charge in [0.25, 0.3) is 0 Å². The number of imidazole rings is 1. The highest BCUT2D eigenvalue weighted by atomic mass is 16.2. The third-order valence-electron chi connectivity index (χ3n) is 5.30. The third kappa shape index (κ3) is 3.74. The number of carbonyl (C=O) groups is 1. The number of carbonyl (C=O) groups excluding carboxylic acids is 1. The maximum Gasteiger partial charge on any atom is 0.227 e. The largest absolute Gasteiger partial charge is 0.362 e. The molecule has 0 aliphatic heterocycles. The summed E-state index contributed by atoms with van der Waals surface area (Å²) in [6.45, 7) is 2.09. The second kappa shape index (κ2) is 7.59. The summed E-state index contributed by atoms with van der Waals surface area (Å²) >= 11 is 0. The highest BCUT2D eigenvalue weighted by molar-refractivity contribution is 5.95. The minimum absolute atomic E-state index is 0.0889. The Morgan fingerprint density at radius 2 is 1.97 bits per heavy atom. The molecule has 0 bridgehead atoms. The van der Waals surface area contributed by atoms with Crippen molar-refractivity contribution in [2.75, 3.05) is 10.6 Å². The van der Waals surface area contributed by atoms with Crippen molar-refractivity contribution in [2.24, 2.45) is 5.92 Å². The van der Waals surface area contributed by atoms with Gasteiger partial charge in [0.15, 0.2) is 5.82 Å². The Labute approximate surface area is 174 Å². The maximum atomic E-state index is 12.0. The Balaban J connectivity index is 1.38. The van der Waals surface area contributed by atoms with Gasteiger partial charge >= 0.3 is 0 Å². The van der Waals surface area contributed by atoms with Gasteiger partial charge in [-0.25, -0.2) is 9.97 Å². The Morgan fingerprint density at radius 1 is 1.13 bits per heavy atom. The molecule has 30 heavy (non-hydrogen) atoms. The van der Waals surface area contributed by atoms with E-state index in [4.69, 9.17) is 4.98 Å². The predicted octanol–water partition coefficient (Wildman–Crippen LogP) is 4.34. The van der Waals surface area contributed by atoms with Crippen LogP contribution < -0.4 is 10.6 Å². The van der Waals surface area contributed by atoms with E-state index in [2.05, 4.69) is 39.7 Å². The van der Waals surface area contributed by atoms with Crippen LogP contribution in [-0.2, 0) is 4.79 Å². The Bertz CT molecular complexity index is 1200. The average Bonchev–Trinajstić information content (AvgIpc) is 3.54. The van der Waals surface area contributed by atoms with Crippen LogP contribution in [0.25, 0.3) is 16.9 Å². The summed E-state index contributed by atoms with van der Waals surface area (Å²) in [6, 6.07) is 16.0. The zero-order chi connectivity index (χ0) is 20.5. The van der Waals surface area contributed by atoms with Gasteiger partial charge < -0.3 is 10.6 Å². The zero-order valence-electron chi connectivity index (χ0n) is 16.6. The molecular formula is C23H22N6O. The van der Waals surface area contributed by atoms with Gasteiger partial charge in [0.05, 0.1) is 23.4 Å². The van der Waals surface area contributed by atoms with Gasteiger partial charge in [-0.05, 0) is 43.5 Å². The second-order valence-corrected chi connectivity index (χ2v) is 7.62. The number of nitrogens with zero attached hydrogens (tertiary/aromatic N) is 4. The lowest BCUT2D eigenvalue weighted by molar-refractivity contribution is -0.117. The van der Waals surface area contributed by atoms with Crippen molar-refractivity contribution in [1.82, 2.24) is 19.5 Å². The molecule has 1 atom stereocenters. The smallest absolute Gasteiger partial charge is 0.227 e. The first-order valence-corrected chi connectivity index (χ1v) is 10.1. The van der Waals surface area contributed by atoms with Crippen molar-refractivity contribution in [3.63, 3.8) is 0 Å². The first kappa shape index (κ1) is 18.3. The number of hydrogen-bond donors (Lipinski definition) is 2. The monoisotopic (exact) mass is 398 g/mol. The van der Waals surface area contributed by atoms with Crippen LogP contribution in [0.3, 0.4) is 0 Å². The normalized spacial score (nSPS) is 14.4. The Hall–Kier alpha value is -3.74. The van der Waals surface area contributed by atoms with Crippen molar-refractivity contribution >= 4 is 28.4 Å². The summed E-state index contributed by atoms with van der Waals surface area (Å²) < 4.78 is 1.90. The topological polar surface area (TPSA) is 84.7 Å². The van der Waals surface area contributed by atoms with Crippen molar-refractivity contribution in [3.8, 4) is 5.82 Å². The van der Waals surface area contributed by atoms with Crippen molar-refractivity contribution in [3.05, 3.63) is 72.8 Å². The fourth-order valence-electron chi connectivity index (χ4n) is 3.45. The van der Waals surface area contributed by atoms with Gasteiger partial charge in [0, 0.05) is 17.6 Å². The number of nitrogens with one attached hydrogen (secondary N) is 2. The molecule has 7 nitrogen and oxygen atoms in total. The van der Waals surface area contributed by atoms with E-state index in [0.29, 0.717) is 11.6 Å². The number of anilines is 2. The quantitative estimate of drug-likeness (QED) is 0.505. The number of aromatic nitrogens is 4. The van der Waals surface area contributed by atoms with Crippen LogP contribution in [0, 0.1) is 5.92 Å². The van der Waals surface area contributed by atoms with E-state index in [-0.39, 0.29) is 17.9 Å². The van der Waals surface area contributed by atoms with Gasteiger partial charge in [-0.15, -0.1) is 0 Å². The molecule has 7 heteroatoms. The summed E-state index contributed by atoms with van der Waals surface area (Å²) in [6.07, 6.45) is 7.12. The van der Waals surface area contributed by atoms with E-state index in [1.165, 1.54) is 5.56 Å². The van der Waals surface area contributed by atoms with Crippen LogP contribution in [0.5, 0.6) is 0 Å². The third-order valence-corrected chi connectivity index (χ3v) is 5.30. The summed E-state index contributed by atoms with van der Waals surface area (Å²) in [5.41, 5.74) is 3.64. The van der Waals surface area contributed by atoms with Crippen LogP contribution in [0.1, 0.15) is 31.4 Å². The Morgan fingerprint density at radius 3 is 2.77 bits per heavy atom. The van der Waals surface area contributed by atoms with E-state index in [0.717, 1.165) is 29.6 Å². The number of amides is 1. The highest BCUT2D eigenvalue weighted by Gasteiger charge is 2.29. The van der Waals surface area contributed by atoms with Crippen molar-refractivity contribution in [2.45, 2.75) is 25.8 Å². The zero-order valence-corrected chi connectivity index (χ0v) is 16.6. The number of hydrogen-bond acceptors (Lipinski definition) is 5. The highest BCUT2D eigenvalue weighted by Crippen LogP contribution is 2.30. The van der Waals surface area contributed by atoms with Gasteiger partial charge in [-0.3, -0.25) is 14.3 Å². The molecular weight excluding hydrogens is 376 g/mol. The minimum Gasteiger partial charge on any atom is -0.362 e. The SMILES string of the molecule is CC(Nc1cncc(-n2cnc3cc(NC(=O)C4CC4)ccc32)n1)c1ccccc1. The number of fused-ring (bicyclic) bond motifs is 1. The molecule has 5 rings (SSSR count). The van der Waals surface area contributed by atoms with Crippen LogP contribution in [0.4, 0.5) is 11.5 Å². The fourth-order valence-corrected chi connectivity index (χ4v) is 3.45. The standard InChI is InChI=1S/C23H22N6O/c1-15(16-5-3-2-4-6-16)26-21-12-24-13-22(28-21)29-14-25-19-11-18(9-10-20(19)29)27-23(30)17-7-8-17/h2-6,9-15,17H,7-8H2,1H3,(H,26,28)(H,27,30). The second-order valence-electron chi connectivity index (χ2n) is 7.62. The van der Waals surface area contributed by atoms with Crippen LogP contribution in [0.2, 0.25) is 0 Å². The van der Waals surface area contributed by atoms with Gasteiger partial charge in [0.2, 0.25) is 5.91 Å². The molecule has 1 fully saturated rings. The molecule has 0 spiro atoms. The van der Waals surface area contributed by atoms with Gasteiger partial charge in [-0.1, -0.05) is 30.3 Å². The van der Waals surface area contributed by atoms with Crippen LogP contribution >= 0.6 is 0 Å². The molecule has 1 unspecified atom stereocenters. The fraction of sp³-hybridized carbons (Fsp3) is 0.217. The van der Waals surface area contributed by atoms with Crippen molar-refractivity contribution < 1.29 is 4.79 Å². The number of rotatable bonds is 6. The van der Waals surface area contributed by atoms with E-state index >= 15 is 0 Å². The van der Waals surface area contributed by atoms with E-state index in [1.807, 2.05) is 41.0 Å². The lowest BCUT2D eigenvalue weighted by Gasteiger charge is -2.15. The molecule has 150 valence electrons. The molecule has 2 heterocycles. The molecule has 1 saturated carbocycles. The predicted molar refractivity (Wildman–Crippen MR) is 116 cm³/mol. The molecule has 1 amide bonds. The molecule has 0 radical (unpaired) electrons. The Kier molecular flexibility index (Phi) is 4.63. The lowest BCUT2D eigenvalue weighted by atomic mass is 10.1. The molecule has 2 aromatic heterocycles. The van der Waals surface area contributed by atoms with Gasteiger partial charge in [-0.2, -0.15) is 0 Å². The number of benzene rings is 2. The van der Waals surface area contributed by atoms with Crippen LogP contribution in [-0.4, -0.2) is 25.4 Å². The van der Waals surface area contributed by atoms with E-state index < -0.39 is 0 Å². The summed E-state index contributed by atoms with van der Waals surface area (Å²) in [5.74, 6) is 1.63. The van der Waals surface area contributed by atoms with E-state index in [1.54, 1.807) is 18.7 Å². The summed E-state index contributed by atoms with van der Waals surface area (Å²) in [4.78, 5) is 25.5. The molecule has 1 aliphatic carbocycles. The molecule has 2 N–H and O–H groups in total. The van der Waals surface area contributed by atoms with Gasteiger partial charge in [0.1, 0.15) is 12.1 Å². The first-order valence-electron chi connectivity index (χ1n) is 10.1. The summed E-state index contributed by atoms with van der Waals surface area (Å²) in [7, 11) is 0.